The lowest BCUT2D eigenvalue weighted by Crippen LogP contribution is -2.14. The number of carbonyl (C=O) groups excluding carboxylic acids is 2. The van der Waals surface area contributed by atoms with Crippen molar-refractivity contribution in [3.05, 3.63) is 58.6 Å². The van der Waals surface area contributed by atoms with Crippen LogP contribution in [0.15, 0.2) is 67.3 Å². The predicted molar refractivity (Wildman–Crippen MR) is 130 cm³/mol. The predicted octanol–water partition coefficient (Wildman–Crippen LogP) is 3.57. The first kappa shape index (κ1) is 27.7. The molecule has 10 nitrogen and oxygen atoms in total. The fourth-order valence-electron chi connectivity index (χ4n) is 2.31. The largest absolute Gasteiger partial charge is 0.464 e. The number of benzene rings is 1. The summed E-state index contributed by atoms with van der Waals surface area (Å²) >= 11 is 5.74. The zero-order valence-corrected chi connectivity index (χ0v) is 22.4. The van der Waals surface area contributed by atoms with E-state index in [2.05, 4.69) is 45.3 Å². The third-order valence-corrected chi connectivity index (χ3v) is 7.40. The topological polar surface area (TPSA) is 138 Å². The van der Waals surface area contributed by atoms with Crippen LogP contribution in [0.2, 0.25) is 0 Å². The summed E-state index contributed by atoms with van der Waals surface area (Å²) in [6.45, 7) is 0. The van der Waals surface area contributed by atoms with Crippen LogP contribution >= 0.6 is 39.5 Å². The van der Waals surface area contributed by atoms with Crippen LogP contribution < -0.4 is 0 Å². The molecule has 3 aromatic rings. The summed E-state index contributed by atoms with van der Waals surface area (Å²) in [7, 11) is -1.40. The van der Waals surface area contributed by atoms with Crippen molar-refractivity contribution in [1.82, 2.24) is 19.9 Å². The summed E-state index contributed by atoms with van der Waals surface area (Å²) in [4.78, 5) is 38.6. The second kappa shape index (κ2) is 12.8. The summed E-state index contributed by atoms with van der Waals surface area (Å²) in [6.07, 6.45) is 6.23. The first-order valence-corrected chi connectivity index (χ1v) is 13.9. The summed E-state index contributed by atoms with van der Waals surface area (Å²) in [5.41, 5.74) is -0.0115. The molecule has 34 heavy (non-hydrogen) atoms. The average molecular weight is 587 g/mol. The van der Waals surface area contributed by atoms with E-state index in [1.54, 1.807) is 24.5 Å². The maximum absolute atomic E-state index is 12.6. The van der Waals surface area contributed by atoms with Crippen LogP contribution in [0, 0.1) is 0 Å². The van der Waals surface area contributed by atoms with E-state index in [1.165, 1.54) is 56.1 Å². The van der Waals surface area contributed by atoms with Crippen LogP contribution in [-0.4, -0.2) is 67.0 Å². The van der Waals surface area contributed by atoms with E-state index >= 15 is 0 Å². The number of halogens is 1. The Bertz CT molecular complexity index is 1280. The van der Waals surface area contributed by atoms with Crippen LogP contribution in [0.4, 0.5) is 0 Å². The van der Waals surface area contributed by atoms with Gasteiger partial charge in [-0.25, -0.2) is 37.9 Å². The lowest BCUT2D eigenvalue weighted by atomic mass is 10.4. The van der Waals surface area contributed by atoms with Crippen molar-refractivity contribution in [2.45, 2.75) is 20.1 Å². The quantitative estimate of drug-likeness (QED) is 0.237. The van der Waals surface area contributed by atoms with E-state index in [4.69, 9.17) is 0 Å². The van der Waals surface area contributed by atoms with E-state index in [9.17, 15) is 18.0 Å². The van der Waals surface area contributed by atoms with E-state index in [0.29, 0.717) is 14.8 Å². The molecule has 2 aromatic heterocycles. The van der Waals surface area contributed by atoms with E-state index < -0.39 is 21.8 Å². The maximum atomic E-state index is 12.6. The number of thioether (sulfide) groups is 2. The average Bonchev–Trinajstić information content (AvgIpc) is 2.88. The van der Waals surface area contributed by atoms with Crippen LogP contribution in [-0.2, 0) is 19.3 Å². The highest BCUT2D eigenvalue weighted by Crippen LogP contribution is 2.24. The molecular weight excluding hydrogens is 568 g/mol. The molecule has 0 unspecified atom stereocenters. The molecule has 0 saturated carbocycles. The standard InChI is InChI=1S/C13H12N2O4S2.C7H7BrN2O2S/c1-19-12(16)11-10(8-14-13(15-11)20-2)21(17,18)9-6-4-3-5-7-9;1-12-6(11)5-4(8)3-9-7(10-5)13-2/h3-8H,1-2H3;3H,1-2H3. The van der Waals surface area contributed by atoms with Gasteiger partial charge in [-0.1, -0.05) is 41.7 Å². The fourth-order valence-corrected chi connectivity index (χ4v) is 4.69. The molecule has 0 saturated heterocycles. The Balaban J connectivity index is 0.000000270. The number of esters is 2. The monoisotopic (exact) mass is 586 g/mol. The lowest BCUT2D eigenvalue weighted by molar-refractivity contribution is 0.0581. The Kier molecular flexibility index (Phi) is 10.4. The molecule has 0 bridgehead atoms. The minimum Gasteiger partial charge on any atom is -0.464 e. The highest BCUT2D eigenvalue weighted by molar-refractivity contribution is 9.10. The number of hydrogen-bond acceptors (Lipinski definition) is 12. The van der Waals surface area contributed by atoms with Crippen molar-refractivity contribution >= 4 is 61.2 Å². The van der Waals surface area contributed by atoms with Crippen molar-refractivity contribution in [1.29, 1.82) is 0 Å². The fraction of sp³-hybridized carbons (Fsp3) is 0.200. The summed E-state index contributed by atoms with van der Waals surface area (Å²) in [5.74, 6) is -1.29. The zero-order valence-electron chi connectivity index (χ0n) is 18.4. The Morgan fingerprint density at radius 2 is 1.35 bits per heavy atom. The second-order valence-corrected chi connectivity index (χ2v) is 10.2. The number of methoxy groups -OCH3 is 2. The van der Waals surface area contributed by atoms with Gasteiger partial charge in [0.05, 0.1) is 29.8 Å². The third kappa shape index (κ3) is 6.74. The highest BCUT2D eigenvalue weighted by Gasteiger charge is 2.27. The number of hydrogen-bond donors (Lipinski definition) is 0. The maximum Gasteiger partial charge on any atom is 0.358 e. The molecule has 0 spiro atoms. The van der Waals surface area contributed by atoms with Gasteiger partial charge in [0.15, 0.2) is 21.7 Å². The van der Waals surface area contributed by atoms with Gasteiger partial charge in [-0.05, 0) is 40.6 Å². The van der Waals surface area contributed by atoms with Crippen molar-refractivity contribution in [2.24, 2.45) is 0 Å². The van der Waals surface area contributed by atoms with Crippen LogP contribution in [0.5, 0.6) is 0 Å². The van der Waals surface area contributed by atoms with Crippen molar-refractivity contribution in [2.75, 3.05) is 26.7 Å². The molecule has 0 aliphatic carbocycles. The first-order valence-electron chi connectivity index (χ1n) is 9.13. The van der Waals surface area contributed by atoms with Gasteiger partial charge in [-0.3, -0.25) is 0 Å². The number of ether oxygens (including phenoxy) is 2. The van der Waals surface area contributed by atoms with Gasteiger partial charge < -0.3 is 9.47 Å². The molecule has 0 N–H and O–H groups in total. The van der Waals surface area contributed by atoms with E-state index in [1.807, 2.05) is 6.26 Å². The van der Waals surface area contributed by atoms with Gasteiger partial charge in [-0.2, -0.15) is 0 Å². The summed E-state index contributed by atoms with van der Waals surface area (Å²) in [5, 5.41) is 0.839. The number of rotatable bonds is 6. The molecule has 0 aliphatic heterocycles. The summed E-state index contributed by atoms with van der Waals surface area (Å²) < 4.78 is 34.9. The Morgan fingerprint density at radius 3 is 1.88 bits per heavy atom. The molecule has 0 aliphatic rings. The Morgan fingerprint density at radius 1 is 0.853 bits per heavy atom. The number of aromatic nitrogens is 4. The van der Waals surface area contributed by atoms with Crippen molar-refractivity contribution in [3.63, 3.8) is 0 Å². The molecule has 0 atom stereocenters. The minimum atomic E-state index is -3.88. The molecular formula is C20H19BrN4O6S3. The number of carbonyl (C=O) groups is 2. The number of nitrogens with zero attached hydrogens (tertiary/aromatic N) is 4. The van der Waals surface area contributed by atoms with Crippen LogP contribution in [0.3, 0.4) is 0 Å². The van der Waals surface area contributed by atoms with Crippen molar-refractivity contribution in [3.8, 4) is 0 Å². The van der Waals surface area contributed by atoms with Crippen LogP contribution in [0.1, 0.15) is 21.0 Å². The first-order chi connectivity index (χ1) is 16.2. The molecule has 1 aromatic carbocycles. The lowest BCUT2D eigenvalue weighted by Gasteiger charge is -2.09. The van der Waals surface area contributed by atoms with Crippen molar-refractivity contribution < 1.29 is 27.5 Å². The minimum absolute atomic E-state index is 0.0654. The smallest absolute Gasteiger partial charge is 0.358 e. The molecule has 3 rings (SSSR count). The molecule has 0 amide bonds. The normalized spacial score (nSPS) is 10.6. The Labute approximate surface area is 213 Å². The third-order valence-electron chi connectivity index (χ3n) is 3.92. The molecule has 2 heterocycles. The van der Waals surface area contributed by atoms with E-state index in [0.717, 1.165) is 6.20 Å². The molecule has 14 heteroatoms. The molecule has 180 valence electrons. The van der Waals surface area contributed by atoms with Gasteiger partial charge in [0.2, 0.25) is 9.84 Å². The van der Waals surface area contributed by atoms with Gasteiger partial charge in [0.1, 0.15) is 4.90 Å². The molecule has 0 fully saturated rings. The van der Waals surface area contributed by atoms with Gasteiger partial charge >= 0.3 is 11.9 Å². The highest BCUT2D eigenvalue weighted by atomic mass is 79.9. The van der Waals surface area contributed by atoms with Crippen LogP contribution in [0.25, 0.3) is 0 Å². The molecule has 0 radical (unpaired) electrons. The SMILES string of the molecule is COC(=O)c1nc(SC)ncc1Br.COC(=O)c1nc(SC)ncc1S(=O)(=O)c1ccccc1. The van der Waals surface area contributed by atoms with Gasteiger partial charge in [-0.15, -0.1) is 0 Å². The number of sulfone groups is 1. The van der Waals surface area contributed by atoms with Gasteiger partial charge in [0, 0.05) is 6.20 Å². The van der Waals surface area contributed by atoms with Gasteiger partial charge in [0.25, 0.3) is 0 Å². The zero-order chi connectivity index (χ0) is 25.3. The van der Waals surface area contributed by atoms with E-state index in [-0.39, 0.29) is 21.2 Å². The second-order valence-electron chi connectivity index (χ2n) is 5.92. The summed E-state index contributed by atoms with van der Waals surface area (Å²) in [6, 6.07) is 7.79. The Hall–Kier alpha value is -2.55.